The van der Waals surface area contributed by atoms with Crippen LogP contribution in [0.5, 0.6) is 0 Å². The summed E-state index contributed by atoms with van der Waals surface area (Å²) in [5, 5.41) is 11.6. The molecule has 1 aliphatic rings. The summed E-state index contributed by atoms with van der Waals surface area (Å²) in [5.41, 5.74) is 4.09. The van der Waals surface area contributed by atoms with Gasteiger partial charge < -0.3 is 5.32 Å². The molecule has 1 saturated heterocycles. The summed E-state index contributed by atoms with van der Waals surface area (Å²) in [7, 11) is 0. The third kappa shape index (κ3) is 3.19. The minimum Gasteiger partial charge on any atom is -0.381 e. The van der Waals surface area contributed by atoms with E-state index in [4.69, 9.17) is 4.63 Å². The fourth-order valence-corrected chi connectivity index (χ4v) is 3.32. The molecule has 4 rings (SSSR count). The Labute approximate surface area is 135 Å². The maximum atomic E-state index is 4.86. The molecule has 1 aromatic heterocycles. The molecule has 2 heterocycles. The first kappa shape index (κ1) is 14.2. The summed E-state index contributed by atoms with van der Waals surface area (Å²) < 4.78 is 4.86. The van der Waals surface area contributed by atoms with Crippen LogP contribution in [0.4, 0.5) is 5.69 Å². The van der Waals surface area contributed by atoms with Gasteiger partial charge in [-0.3, -0.25) is 4.90 Å². The van der Waals surface area contributed by atoms with E-state index < -0.39 is 0 Å². The number of benzene rings is 2. The van der Waals surface area contributed by atoms with Gasteiger partial charge in [0.25, 0.3) is 0 Å². The molecule has 0 radical (unpaired) electrons. The van der Waals surface area contributed by atoms with E-state index in [0.717, 1.165) is 30.7 Å². The smallest absolute Gasteiger partial charge is 0.139 e. The number of anilines is 1. The minimum atomic E-state index is 0.487. The predicted octanol–water partition coefficient (Wildman–Crippen LogP) is 3.30. The van der Waals surface area contributed by atoms with E-state index >= 15 is 0 Å². The SMILES string of the molecule is c1ccc(NC2CCCN(Cc3cccc4nonc34)C2)cc1. The van der Waals surface area contributed by atoms with Crippen LogP contribution in [0.15, 0.2) is 53.2 Å². The van der Waals surface area contributed by atoms with Crippen molar-refractivity contribution < 1.29 is 4.63 Å². The van der Waals surface area contributed by atoms with E-state index in [1.807, 2.05) is 18.2 Å². The van der Waals surface area contributed by atoms with Crippen LogP contribution in [-0.2, 0) is 6.54 Å². The third-order valence-electron chi connectivity index (χ3n) is 4.41. The van der Waals surface area contributed by atoms with Gasteiger partial charge in [-0.1, -0.05) is 30.3 Å². The van der Waals surface area contributed by atoms with Crippen LogP contribution in [0, 0.1) is 0 Å². The average Bonchev–Trinajstić information content (AvgIpc) is 3.06. The van der Waals surface area contributed by atoms with Crippen LogP contribution < -0.4 is 5.32 Å². The number of nitrogens with zero attached hydrogens (tertiary/aromatic N) is 3. The van der Waals surface area contributed by atoms with E-state index in [1.165, 1.54) is 24.1 Å². The number of hydrogen-bond donors (Lipinski definition) is 1. The van der Waals surface area contributed by atoms with Crippen molar-refractivity contribution in [2.75, 3.05) is 18.4 Å². The monoisotopic (exact) mass is 308 g/mol. The Morgan fingerprint density at radius 2 is 2.00 bits per heavy atom. The maximum absolute atomic E-state index is 4.86. The van der Waals surface area contributed by atoms with E-state index in [1.54, 1.807) is 0 Å². The van der Waals surface area contributed by atoms with Gasteiger partial charge in [0.15, 0.2) is 0 Å². The topological polar surface area (TPSA) is 54.2 Å². The highest BCUT2D eigenvalue weighted by molar-refractivity contribution is 5.76. The molecule has 5 heteroatoms. The number of rotatable bonds is 4. The van der Waals surface area contributed by atoms with Gasteiger partial charge in [-0.05, 0) is 53.5 Å². The van der Waals surface area contributed by atoms with Crippen molar-refractivity contribution in [1.82, 2.24) is 15.2 Å². The summed E-state index contributed by atoms with van der Waals surface area (Å²) in [6.07, 6.45) is 2.42. The summed E-state index contributed by atoms with van der Waals surface area (Å²) in [5.74, 6) is 0. The van der Waals surface area contributed by atoms with Crippen molar-refractivity contribution in [3.8, 4) is 0 Å². The van der Waals surface area contributed by atoms with E-state index in [0.29, 0.717) is 6.04 Å². The highest BCUT2D eigenvalue weighted by Crippen LogP contribution is 2.21. The molecule has 23 heavy (non-hydrogen) atoms. The zero-order valence-corrected chi connectivity index (χ0v) is 13.0. The second-order valence-corrected chi connectivity index (χ2v) is 6.13. The number of nitrogens with one attached hydrogen (secondary N) is 1. The molecule has 1 N–H and O–H groups in total. The molecule has 1 fully saturated rings. The van der Waals surface area contributed by atoms with Crippen LogP contribution in [0.25, 0.3) is 11.0 Å². The van der Waals surface area contributed by atoms with E-state index in [-0.39, 0.29) is 0 Å². The Morgan fingerprint density at radius 1 is 1.09 bits per heavy atom. The van der Waals surface area contributed by atoms with Gasteiger partial charge >= 0.3 is 0 Å². The summed E-state index contributed by atoms with van der Waals surface area (Å²) in [4.78, 5) is 2.48. The molecule has 0 aliphatic carbocycles. The summed E-state index contributed by atoms with van der Waals surface area (Å²) in [6, 6.07) is 17.0. The molecule has 2 aromatic carbocycles. The van der Waals surface area contributed by atoms with Gasteiger partial charge in [0.05, 0.1) is 0 Å². The Bertz CT molecular complexity index is 771. The van der Waals surface area contributed by atoms with Gasteiger partial charge in [-0.2, -0.15) is 0 Å². The average molecular weight is 308 g/mol. The standard InChI is InChI=1S/C18H20N4O/c1-2-7-15(8-3-1)19-16-9-5-11-22(13-16)12-14-6-4-10-17-18(14)21-23-20-17/h1-4,6-8,10,16,19H,5,9,11-13H2. The summed E-state index contributed by atoms with van der Waals surface area (Å²) >= 11 is 0. The molecule has 3 aromatic rings. The van der Waals surface area contributed by atoms with Gasteiger partial charge in [-0.25, -0.2) is 4.63 Å². The van der Waals surface area contributed by atoms with Gasteiger partial charge in [-0.15, -0.1) is 0 Å². The van der Waals surface area contributed by atoms with E-state index in [2.05, 4.69) is 50.9 Å². The van der Waals surface area contributed by atoms with Gasteiger partial charge in [0, 0.05) is 24.8 Å². The summed E-state index contributed by atoms with van der Waals surface area (Å²) in [6.45, 7) is 3.05. The Morgan fingerprint density at radius 3 is 2.91 bits per heavy atom. The fourth-order valence-electron chi connectivity index (χ4n) is 3.32. The lowest BCUT2D eigenvalue weighted by Gasteiger charge is -2.33. The Hall–Kier alpha value is -2.40. The second-order valence-electron chi connectivity index (χ2n) is 6.13. The van der Waals surface area contributed by atoms with E-state index in [9.17, 15) is 0 Å². The molecule has 0 amide bonds. The molecule has 1 atom stereocenters. The quantitative estimate of drug-likeness (QED) is 0.801. The minimum absolute atomic E-state index is 0.487. The molecule has 0 saturated carbocycles. The highest BCUT2D eigenvalue weighted by atomic mass is 16.6. The molecular weight excluding hydrogens is 288 g/mol. The molecule has 0 spiro atoms. The molecule has 5 nitrogen and oxygen atoms in total. The van der Waals surface area contributed by atoms with Crippen LogP contribution >= 0.6 is 0 Å². The lowest BCUT2D eigenvalue weighted by molar-refractivity contribution is 0.209. The Balaban J connectivity index is 1.44. The van der Waals surface area contributed by atoms with Crippen molar-refractivity contribution >= 4 is 16.7 Å². The lowest BCUT2D eigenvalue weighted by atomic mass is 10.0. The third-order valence-corrected chi connectivity index (χ3v) is 4.41. The normalized spacial score (nSPS) is 19.0. The first-order valence-electron chi connectivity index (χ1n) is 8.12. The predicted molar refractivity (Wildman–Crippen MR) is 90.2 cm³/mol. The van der Waals surface area contributed by atoms with Crippen molar-refractivity contribution in [3.63, 3.8) is 0 Å². The van der Waals surface area contributed by atoms with Crippen LogP contribution in [-0.4, -0.2) is 34.3 Å². The highest BCUT2D eigenvalue weighted by Gasteiger charge is 2.21. The number of fused-ring (bicyclic) bond motifs is 1. The van der Waals surface area contributed by atoms with Gasteiger partial charge in [0.1, 0.15) is 11.0 Å². The van der Waals surface area contributed by atoms with Crippen LogP contribution in [0.1, 0.15) is 18.4 Å². The first-order valence-corrected chi connectivity index (χ1v) is 8.12. The van der Waals surface area contributed by atoms with Crippen molar-refractivity contribution in [3.05, 3.63) is 54.1 Å². The van der Waals surface area contributed by atoms with Crippen molar-refractivity contribution in [1.29, 1.82) is 0 Å². The number of para-hydroxylation sites is 1. The van der Waals surface area contributed by atoms with Crippen molar-refractivity contribution in [2.24, 2.45) is 0 Å². The number of hydrogen-bond acceptors (Lipinski definition) is 5. The second kappa shape index (κ2) is 6.38. The first-order chi connectivity index (χ1) is 11.4. The molecule has 118 valence electrons. The fraction of sp³-hybridized carbons (Fsp3) is 0.333. The zero-order chi connectivity index (χ0) is 15.5. The molecule has 0 bridgehead atoms. The molecular formula is C18H20N4O. The molecule has 1 unspecified atom stereocenters. The number of aromatic nitrogens is 2. The van der Waals surface area contributed by atoms with Gasteiger partial charge in [0.2, 0.25) is 0 Å². The molecule has 1 aliphatic heterocycles. The number of piperidine rings is 1. The largest absolute Gasteiger partial charge is 0.381 e. The Kier molecular flexibility index (Phi) is 3.94. The zero-order valence-electron chi connectivity index (χ0n) is 13.0. The van der Waals surface area contributed by atoms with Crippen molar-refractivity contribution in [2.45, 2.75) is 25.4 Å². The number of likely N-dealkylation sites (tertiary alicyclic amines) is 1. The van der Waals surface area contributed by atoms with Crippen LogP contribution in [0.3, 0.4) is 0 Å². The lowest BCUT2D eigenvalue weighted by Crippen LogP contribution is -2.41. The maximum Gasteiger partial charge on any atom is 0.139 e. The van der Waals surface area contributed by atoms with Crippen LogP contribution in [0.2, 0.25) is 0 Å².